The van der Waals surface area contributed by atoms with Crippen LogP contribution < -0.4 is 11.1 Å². The van der Waals surface area contributed by atoms with E-state index in [1.165, 1.54) is 22.3 Å². The van der Waals surface area contributed by atoms with E-state index in [4.69, 9.17) is 5.73 Å². The molecule has 2 nitrogen and oxygen atoms in total. The van der Waals surface area contributed by atoms with Crippen LogP contribution in [0.5, 0.6) is 0 Å². The molecule has 6 rings (SSSR count). The van der Waals surface area contributed by atoms with Crippen LogP contribution in [0.4, 0.5) is 17.1 Å². The number of hydrogen-bond donors (Lipinski definition) is 2. The molecule has 41 heavy (non-hydrogen) atoms. The van der Waals surface area contributed by atoms with Crippen molar-refractivity contribution in [2.24, 2.45) is 0 Å². The maximum Gasteiger partial charge on any atom is 0.0528 e. The van der Waals surface area contributed by atoms with E-state index < -0.39 is 0 Å². The average Bonchev–Trinajstić information content (AvgIpc) is 3.02. The second kappa shape index (κ2) is 16.0. The molecular weight excluding hydrogens is 700 g/mol. The van der Waals surface area contributed by atoms with Crippen LogP contribution in [0.25, 0.3) is 22.3 Å². The van der Waals surface area contributed by atoms with E-state index in [0.717, 1.165) is 30.5 Å². The van der Waals surface area contributed by atoms with Gasteiger partial charge in [0, 0.05) is 24.8 Å². The fourth-order valence-electron chi connectivity index (χ4n) is 3.84. The topological polar surface area (TPSA) is 38.0 Å². The third-order valence-electron chi connectivity index (χ3n) is 5.99. The van der Waals surface area contributed by atoms with Gasteiger partial charge in [0.1, 0.15) is 0 Å². The van der Waals surface area contributed by atoms with Crippen molar-refractivity contribution in [1.82, 2.24) is 0 Å². The summed E-state index contributed by atoms with van der Waals surface area (Å²) in [5, 5.41) is 3.40. The highest BCUT2D eigenvalue weighted by Crippen LogP contribution is 2.27. The molecule has 0 saturated carbocycles. The first kappa shape index (κ1) is 30.3. The largest absolute Gasteiger partial charge is 0.399 e. The Morgan fingerprint density at radius 2 is 0.732 bits per heavy atom. The van der Waals surface area contributed by atoms with Gasteiger partial charge in [-0.05, 0) is 119 Å². The maximum atomic E-state index is 5.60. The number of hydrogen-bond acceptors (Lipinski definition) is 2. The van der Waals surface area contributed by atoms with E-state index in [-0.39, 0.29) is 0 Å². The summed E-state index contributed by atoms with van der Waals surface area (Å²) < 4.78 is 3.26. The van der Waals surface area contributed by atoms with Gasteiger partial charge in [-0.25, -0.2) is 0 Å². The second-order valence-electron chi connectivity index (χ2n) is 8.95. The van der Waals surface area contributed by atoms with Gasteiger partial charge in [0.2, 0.25) is 0 Å². The van der Waals surface area contributed by atoms with Crippen molar-refractivity contribution < 1.29 is 0 Å². The fourth-order valence-corrected chi connectivity index (χ4v) is 4.79. The van der Waals surface area contributed by atoms with E-state index in [9.17, 15) is 0 Å². The van der Waals surface area contributed by atoms with Crippen molar-refractivity contribution in [3.05, 3.63) is 171 Å². The molecule has 6 aromatic carbocycles. The van der Waals surface area contributed by atoms with Gasteiger partial charge in [-0.1, -0.05) is 109 Å². The zero-order chi connectivity index (χ0) is 28.9. The molecule has 0 atom stereocenters. The summed E-state index contributed by atoms with van der Waals surface area (Å²) in [4.78, 5) is 0. The van der Waals surface area contributed by atoms with Gasteiger partial charge >= 0.3 is 0 Å². The average molecular weight is 729 g/mol. The molecular formula is C36H29Br3N2. The van der Waals surface area contributed by atoms with Gasteiger partial charge in [-0.2, -0.15) is 0 Å². The van der Waals surface area contributed by atoms with Crippen molar-refractivity contribution in [2.45, 2.75) is 0 Å². The number of nitrogen functional groups attached to an aromatic ring is 1. The Bertz CT molecular complexity index is 1600. The summed E-state index contributed by atoms with van der Waals surface area (Å²) in [5.74, 6) is 0. The molecule has 0 saturated heterocycles. The zero-order valence-electron chi connectivity index (χ0n) is 22.2. The molecule has 0 unspecified atom stereocenters. The SMILES string of the molecule is Brc1ccccc1Br.Brc1ccccc1Nc1ccc(-c2ccccc2)cc1.Nc1ccc(-c2ccccc2)cc1. The highest BCUT2D eigenvalue weighted by atomic mass is 79.9. The van der Waals surface area contributed by atoms with Crippen LogP contribution in [0.2, 0.25) is 0 Å². The first-order valence-corrected chi connectivity index (χ1v) is 15.4. The number of anilines is 3. The minimum atomic E-state index is 0.805. The number of rotatable bonds is 4. The number of benzene rings is 6. The van der Waals surface area contributed by atoms with Gasteiger partial charge in [0.15, 0.2) is 0 Å². The smallest absolute Gasteiger partial charge is 0.0528 e. The Balaban J connectivity index is 0.000000158. The molecule has 0 spiro atoms. The lowest BCUT2D eigenvalue weighted by atomic mass is 10.1. The molecule has 0 radical (unpaired) electrons. The van der Waals surface area contributed by atoms with E-state index in [2.05, 4.69) is 120 Å². The normalized spacial score (nSPS) is 9.93. The first-order chi connectivity index (χ1) is 20.0. The van der Waals surface area contributed by atoms with E-state index in [1.54, 1.807) is 0 Å². The molecule has 0 aromatic heterocycles. The molecule has 0 heterocycles. The Kier molecular flexibility index (Phi) is 11.8. The monoisotopic (exact) mass is 726 g/mol. The van der Waals surface area contributed by atoms with Gasteiger partial charge in [-0.15, -0.1) is 0 Å². The van der Waals surface area contributed by atoms with Crippen LogP contribution in [0.3, 0.4) is 0 Å². The zero-order valence-corrected chi connectivity index (χ0v) is 27.0. The predicted molar refractivity (Wildman–Crippen MR) is 187 cm³/mol. The lowest BCUT2D eigenvalue weighted by molar-refractivity contribution is 1.52. The summed E-state index contributed by atoms with van der Waals surface area (Å²) in [7, 11) is 0. The quantitative estimate of drug-likeness (QED) is 0.177. The first-order valence-electron chi connectivity index (χ1n) is 13.0. The van der Waals surface area contributed by atoms with Crippen molar-refractivity contribution in [3.8, 4) is 22.3 Å². The van der Waals surface area contributed by atoms with Crippen LogP contribution in [0.15, 0.2) is 171 Å². The number of nitrogens with two attached hydrogens (primary N) is 1. The van der Waals surface area contributed by atoms with Crippen LogP contribution in [-0.2, 0) is 0 Å². The Morgan fingerprint density at radius 3 is 1.17 bits per heavy atom. The number of halogens is 3. The Morgan fingerprint density at radius 1 is 0.366 bits per heavy atom. The van der Waals surface area contributed by atoms with Gasteiger partial charge in [0.05, 0.1) is 5.69 Å². The Labute approximate surface area is 267 Å². The molecule has 0 fully saturated rings. The summed E-state index contributed by atoms with van der Waals surface area (Å²) in [6.45, 7) is 0. The summed E-state index contributed by atoms with van der Waals surface area (Å²) in [5.41, 5.74) is 13.4. The molecule has 3 N–H and O–H groups in total. The number of nitrogens with one attached hydrogen (secondary N) is 1. The maximum absolute atomic E-state index is 5.60. The highest BCUT2D eigenvalue weighted by Gasteiger charge is 2.00. The van der Waals surface area contributed by atoms with Crippen LogP contribution in [0, 0.1) is 0 Å². The molecule has 6 aromatic rings. The predicted octanol–water partition coefficient (Wildman–Crippen LogP) is 12.0. The van der Waals surface area contributed by atoms with E-state index >= 15 is 0 Å². The lowest BCUT2D eigenvalue weighted by Gasteiger charge is -2.09. The fraction of sp³-hybridized carbons (Fsp3) is 0. The number of para-hydroxylation sites is 1. The summed E-state index contributed by atoms with van der Waals surface area (Å²) >= 11 is 10.2. The van der Waals surface area contributed by atoms with Gasteiger partial charge < -0.3 is 11.1 Å². The molecule has 0 bridgehead atoms. The molecule has 0 aliphatic carbocycles. The molecule has 0 amide bonds. The van der Waals surface area contributed by atoms with Crippen LogP contribution in [-0.4, -0.2) is 0 Å². The van der Waals surface area contributed by atoms with Crippen molar-refractivity contribution in [1.29, 1.82) is 0 Å². The van der Waals surface area contributed by atoms with E-state index in [1.807, 2.05) is 91.0 Å². The van der Waals surface area contributed by atoms with Crippen molar-refractivity contribution >= 4 is 64.9 Å². The molecule has 204 valence electrons. The lowest BCUT2D eigenvalue weighted by Crippen LogP contribution is -1.90. The van der Waals surface area contributed by atoms with Crippen molar-refractivity contribution in [3.63, 3.8) is 0 Å². The van der Waals surface area contributed by atoms with E-state index in [0.29, 0.717) is 0 Å². The molecule has 5 heteroatoms. The summed E-state index contributed by atoms with van der Waals surface area (Å²) in [6.07, 6.45) is 0. The third kappa shape index (κ3) is 9.75. The summed E-state index contributed by atoms with van der Waals surface area (Å²) in [6, 6.07) is 53.1. The minimum Gasteiger partial charge on any atom is -0.399 e. The highest BCUT2D eigenvalue weighted by molar-refractivity contribution is 9.13. The van der Waals surface area contributed by atoms with Crippen LogP contribution in [0.1, 0.15) is 0 Å². The van der Waals surface area contributed by atoms with Crippen molar-refractivity contribution in [2.75, 3.05) is 11.1 Å². The van der Waals surface area contributed by atoms with Crippen LogP contribution >= 0.6 is 47.8 Å². The van der Waals surface area contributed by atoms with Gasteiger partial charge in [-0.3, -0.25) is 0 Å². The standard InChI is InChI=1S/C18H14BrN.C12H11N.C6H4Br2/c19-17-8-4-5-9-18(17)20-16-12-10-15(11-13-16)14-6-2-1-3-7-14;13-12-8-6-11(7-9-12)10-4-2-1-3-5-10;7-5-3-1-2-4-6(5)8/h1-13,20H;1-9H,13H2;1-4H. The Hall–Kier alpha value is -3.64. The minimum absolute atomic E-state index is 0.805. The molecule has 0 aliphatic rings. The van der Waals surface area contributed by atoms with Gasteiger partial charge in [0.25, 0.3) is 0 Å². The second-order valence-corrected chi connectivity index (χ2v) is 11.5. The molecule has 0 aliphatic heterocycles. The third-order valence-corrected chi connectivity index (χ3v) is 8.59.